The molecule has 0 aliphatic carbocycles. The van der Waals surface area contributed by atoms with Crippen molar-refractivity contribution in [3.8, 4) is 28.7 Å². The molecule has 0 fully saturated rings. The summed E-state index contributed by atoms with van der Waals surface area (Å²) in [7, 11) is 5.80. The van der Waals surface area contributed by atoms with Crippen LogP contribution in [0.25, 0.3) is 6.08 Å². The quantitative estimate of drug-likeness (QED) is 0.367. The maximum atomic E-state index is 13.3. The summed E-state index contributed by atoms with van der Waals surface area (Å²) in [6.07, 6.45) is 4.63. The van der Waals surface area contributed by atoms with Gasteiger partial charge in [-0.3, -0.25) is 14.6 Å². The SMILES string of the molecule is COC(=O)CC(c1cccnc1)c1c(O)ccc2c1O/C(=C\c1cc(OC)c(OC)cc1OC)C2=O. The maximum absolute atomic E-state index is 13.3. The third kappa shape index (κ3) is 4.55. The number of Topliss-reactive ketones (excluding diaryl/α,β-unsaturated/α-hetero) is 1. The lowest BCUT2D eigenvalue weighted by molar-refractivity contribution is -0.140. The smallest absolute Gasteiger partial charge is 0.306 e. The van der Waals surface area contributed by atoms with Gasteiger partial charge in [-0.2, -0.15) is 0 Å². The van der Waals surface area contributed by atoms with Crippen LogP contribution >= 0.6 is 0 Å². The Kier molecular flexibility index (Phi) is 7.10. The normalized spacial score (nSPS) is 14.1. The molecular formula is C27H25NO8. The zero-order valence-electron chi connectivity index (χ0n) is 20.2. The van der Waals surface area contributed by atoms with E-state index in [1.54, 1.807) is 36.7 Å². The molecule has 1 aromatic heterocycles. The monoisotopic (exact) mass is 491 g/mol. The molecule has 9 heteroatoms. The van der Waals surface area contributed by atoms with Crippen molar-refractivity contribution < 1.29 is 38.4 Å². The van der Waals surface area contributed by atoms with Crippen molar-refractivity contribution in [1.82, 2.24) is 4.98 Å². The van der Waals surface area contributed by atoms with E-state index >= 15 is 0 Å². The number of phenolic OH excluding ortho intramolecular Hbond substituents is 1. The molecule has 36 heavy (non-hydrogen) atoms. The summed E-state index contributed by atoms with van der Waals surface area (Å²) in [6, 6.07) is 9.71. The largest absolute Gasteiger partial charge is 0.508 e. The van der Waals surface area contributed by atoms with Crippen molar-refractivity contribution in [1.29, 1.82) is 0 Å². The van der Waals surface area contributed by atoms with Gasteiger partial charge >= 0.3 is 5.97 Å². The first-order valence-corrected chi connectivity index (χ1v) is 11.0. The van der Waals surface area contributed by atoms with Gasteiger partial charge in [-0.25, -0.2) is 0 Å². The van der Waals surface area contributed by atoms with E-state index < -0.39 is 11.9 Å². The van der Waals surface area contributed by atoms with Gasteiger partial charge in [0, 0.05) is 35.5 Å². The van der Waals surface area contributed by atoms with Gasteiger partial charge in [0.05, 0.1) is 40.4 Å². The van der Waals surface area contributed by atoms with Crippen LogP contribution in [0, 0.1) is 0 Å². The van der Waals surface area contributed by atoms with Crippen molar-refractivity contribution >= 4 is 17.8 Å². The molecule has 0 amide bonds. The zero-order valence-corrected chi connectivity index (χ0v) is 20.2. The molecule has 0 bridgehead atoms. The van der Waals surface area contributed by atoms with Crippen LogP contribution in [0.1, 0.15) is 39.4 Å². The lowest BCUT2D eigenvalue weighted by Gasteiger charge is -2.20. The van der Waals surface area contributed by atoms with Gasteiger partial charge in [0.2, 0.25) is 5.78 Å². The Morgan fingerprint density at radius 3 is 2.42 bits per heavy atom. The van der Waals surface area contributed by atoms with Crippen molar-refractivity contribution in [3.63, 3.8) is 0 Å². The van der Waals surface area contributed by atoms with E-state index in [1.165, 1.54) is 46.6 Å². The average molecular weight is 491 g/mol. The van der Waals surface area contributed by atoms with E-state index in [-0.39, 0.29) is 35.0 Å². The Hall–Kier alpha value is -4.53. The number of allylic oxidation sites excluding steroid dienone is 1. The summed E-state index contributed by atoms with van der Waals surface area (Å²) in [5.74, 6) is -0.118. The van der Waals surface area contributed by atoms with Crippen molar-refractivity contribution in [2.75, 3.05) is 28.4 Å². The fourth-order valence-electron chi connectivity index (χ4n) is 4.12. The number of hydrogen-bond acceptors (Lipinski definition) is 9. The molecule has 1 aliphatic rings. The number of carbonyl (C=O) groups excluding carboxylic acids is 2. The molecule has 2 heterocycles. The van der Waals surface area contributed by atoms with Gasteiger partial charge in [0.1, 0.15) is 17.2 Å². The van der Waals surface area contributed by atoms with Crippen LogP contribution < -0.4 is 18.9 Å². The first-order valence-electron chi connectivity index (χ1n) is 11.0. The summed E-state index contributed by atoms with van der Waals surface area (Å²) in [4.78, 5) is 29.7. The van der Waals surface area contributed by atoms with E-state index in [2.05, 4.69) is 4.98 Å². The molecule has 0 saturated carbocycles. The molecule has 186 valence electrons. The van der Waals surface area contributed by atoms with E-state index in [0.717, 1.165) is 0 Å². The van der Waals surface area contributed by atoms with Crippen LogP contribution in [-0.4, -0.2) is 50.3 Å². The number of aromatic hydroxyl groups is 1. The van der Waals surface area contributed by atoms with Gasteiger partial charge in [-0.1, -0.05) is 6.07 Å². The first-order chi connectivity index (χ1) is 17.4. The average Bonchev–Trinajstić information content (AvgIpc) is 3.22. The number of phenols is 1. The van der Waals surface area contributed by atoms with E-state index in [0.29, 0.717) is 33.9 Å². The molecule has 0 saturated heterocycles. The Labute approximate surface area is 207 Å². The lowest BCUT2D eigenvalue weighted by Crippen LogP contribution is -2.11. The summed E-state index contributed by atoms with van der Waals surface area (Å²) in [6.45, 7) is 0. The molecule has 4 rings (SSSR count). The Morgan fingerprint density at radius 2 is 1.78 bits per heavy atom. The van der Waals surface area contributed by atoms with Crippen molar-refractivity contribution in [3.05, 3.63) is 76.8 Å². The van der Waals surface area contributed by atoms with Crippen LogP contribution in [-0.2, 0) is 9.53 Å². The van der Waals surface area contributed by atoms with Crippen molar-refractivity contribution in [2.45, 2.75) is 12.3 Å². The number of carbonyl (C=O) groups is 2. The highest BCUT2D eigenvalue weighted by atomic mass is 16.5. The minimum absolute atomic E-state index is 0.0189. The molecule has 0 spiro atoms. The van der Waals surface area contributed by atoms with Crippen LogP contribution in [0.4, 0.5) is 0 Å². The van der Waals surface area contributed by atoms with E-state index in [9.17, 15) is 14.7 Å². The number of hydrogen-bond donors (Lipinski definition) is 1. The second-order valence-electron chi connectivity index (χ2n) is 7.88. The molecule has 2 aromatic carbocycles. The number of fused-ring (bicyclic) bond motifs is 1. The first kappa shape index (κ1) is 24.6. The van der Waals surface area contributed by atoms with Gasteiger partial charge in [-0.15, -0.1) is 0 Å². The Bertz CT molecular complexity index is 1330. The summed E-state index contributed by atoms with van der Waals surface area (Å²) in [5.41, 5.74) is 1.73. The predicted molar refractivity (Wildman–Crippen MR) is 130 cm³/mol. The summed E-state index contributed by atoms with van der Waals surface area (Å²) >= 11 is 0. The summed E-state index contributed by atoms with van der Waals surface area (Å²) in [5, 5.41) is 10.8. The van der Waals surface area contributed by atoms with Gasteiger partial charge < -0.3 is 28.8 Å². The Morgan fingerprint density at radius 1 is 1.06 bits per heavy atom. The van der Waals surface area contributed by atoms with E-state index in [1.807, 2.05) is 0 Å². The number of ether oxygens (including phenoxy) is 5. The number of methoxy groups -OCH3 is 4. The topological polar surface area (TPSA) is 113 Å². The summed E-state index contributed by atoms with van der Waals surface area (Å²) < 4.78 is 27.1. The number of rotatable bonds is 8. The highest BCUT2D eigenvalue weighted by molar-refractivity contribution is 6.15. The molecule has 9 nitrogen and oxygen atoms in total. The molecule has 3 aromatic rings. The number of pyridine rings is 1. The second-order valence-corrected chi connectivity index (χ2v) is 7.88. The number of ketones is 1. The molecule has 1 aliphatic heterocycles. The molecule has 1 N–H and O–H groups in total. The second kappa shape index (κ2) is 10.4. The molecular weight excluding hydrogens is 466 g/mol. The fourth-order valence-corrected chi connectivity index (χ4v) is 4.12. The van der Waals surface area contributed by atoms with Crippen molar-refractivity contribution in [2.24, 2.45) is 0 Å². The van der Waals surface area contributed by atoms with Crippen LogP contribution in [0.15, 0.2) is 54.6 Å². The predicted octanol–water partition coefficient (Wildman–Crippen LogP) is 4.12. The number of aromatic nitrogens is 1. The minimum Gasteiger partial charge on any atom is -0.508 e. The fraction of sp³-hybridized carbons (Fsp3) is 0.222. The Balaban J connectivity index is 1.82. The number of benzene rings is 2. The molecule has 1 atom stereocenters. The maximum Gasteiger partial charge on any atom is 0.306 e. The number of nitrogens with zero attached hydrogens (tertiary/aromatic N) is 1. The van der Waals surface area contributed by atoms with Gasteiger partial charge in [-0.05, 0) is 35.9 Å². The lowest BCUT2D eigenvalue weighted by atomic mass is 9.87. The standard InChI is InChI=1S/C27H25NO8/c1-32-20-13-22(34-3)21(33-2)10-16(20)11-23-26(31)17-7-8-19(29)25(27(17)36-23)18(12-24(30)35-4)15-6-5-9-28-14-15/h5-11,13-14,18,29H,12H2,1-4H3/b23-11-. The highest BCUT2D eigenvalue weighted by Gasteiger charge is 2.35. The number of esters is 1. The van der Waals surface area contributed by atoms with Crippen LogP contribution in [0.5, 0.6) is 28.7 Å². The van der Waals surface area contributed by atoms with Gasteiger partial charge in [0.15, 0.2) is 17.3 Å². The van der Waals surface area contributed by atoms with Crippen LogP contribution in [0.2, 0.25) is 0 Å². The third-order valence-corrected chi connectivity index (χ3v) is 5.91. The zero-order chi connectivity index (χ0) is 25.8. The van der Waals surface area contributed by atoms with Gasteiger partial charge in [0.25, 0.3) is 0 Å². The van der Waals surface area contributed by atoms with E-state index in [4.69, 9.17) is 23.7 Å². The minimum atomic E-state index is -0.663. The van der Waals surface area contributed by atoms with Crippen LogP contribution in [0.3, 0.4) is 0 Å². The molecule has 1 unspecified atom stereocenters. The highest BCUT2D eigenvalue weighted by Crippen LogP contribution is 2.47. The molecule has 0 radical (unpaired) electrons. The third-order valence-electron chi connectivity index (χ3n) is 5.91.